The maximum atomic E-state index is 11.2. The topological polar surface area (TPSA) is 164 Å². The third-order valence-electron chi connectivity index (χ3n) is 4.78. The van der Waals surface area contributed by atoms with Gasteiger partial charge >= 0.3 is 5.97 Å². The molecule has 9 nitrogen and oxygen atoms in total. The van der Waals surface area contributed by atoms with Crippen LogP contribution in [-0.4, -0.2) is 28.8 Å². The van der Waals surface area contributed by atoms with Crippen molar-refractivity contribution >= 4 is 22.6 Å². The Bertz CT molecular complexity index is 1130. The Hall–Kier alpha value is -2.69. The highest BCUT2D eigenvalue weighted by atomic mass is 35.7. The quantitative estimate of drug-likeness (QED) is 0.439. The van der Waals surface area contributed by atoms with Crippen LogP contribution in [-0.2, 0) is 11.2 Å². The molecule has 3 N–H and O–H groups in total. The van der Waals surface area contributed by atoms with E-state index in [9.17, 15) is 9.90 Å². The van der Waals surface area contributed by atoms with Crippen molar-refractivity contribution in [2.45, 2.75) is 40.5 Å². The van der Waals surface area contributed by atoms with Crippen LogP contribution < -0.4 is 24.7 Å². The monoisotopic (exact) mass is 466 g/mol. The van der Waals surface area contributed by atoms with E-state index in [-0.39, 0.29) is 6.42 Å². The largest absolute Gasteiger partial charge is 0.481 e. The molecule has 1 aliphatic heterocycles. The zero-order valence-corrected chi connectivity index (χ0v) is 19.2. The van der Waals surface area contributed by atoms with Crippen molar-refractivity contribution in [3.63, 3.8) is 0 Å². The summed E-state index contributed by atoms with van der Waals surface area (Å²) in [6.07, 6.45) is 0.546. The number of nitrogens with zero attached hydrogens (tertiary/aromatic N) is 1. The summed E-state index contributed by atoms with van der Waals surface area (Å²) < 4.78 is 39.0. The van der Waals surface area contributed by atoms with E-state index in [1.54, 1.807) is 0 Å². The van der Waals surface area contributed by atoms with E-state index in [1.165, 1.54) is 0 Å². The van der Waals surface area contributed by atoms with Crippen molar-refractivity contribution in [1.82, 2.24) is 0 Å². The molecule has 32 heavy (non-hydrogen) atoms. The summed E-state index contributed by atoms with van der Waals surface area (Å²) in [7, 11) is -4.69. The molecule has 2 aliphatic rings. The Morgan fingerprint density at radius 1 is 1.12 bits per heavy atom. The molecule has 1 heterocycles. The number of anilines is 1. The Balaban J connectivity index is 0.000000654. The van der Waals surface area contributed by atoms with Gasteiger partial charge in [0.25, 0.3) is 0 Å². The van der Waals surface area contributed by atoms with Gasteiger partial charge in [0, 0.05) is 48.3 Å². The van der Waals surface area contributed by atoms with Crippen LogP contribution in [0.3, 0.4) is 0 Å². The van der Waals surface area contributed by atoms with Gasteiger partial charge in [0.05, 0.1) is 20.3 Å². The molecule has 1 aliphatic carbocycles. The summed E-state index contributed by atoms with van der Waals surface area (Å²) in [4.78, 5) is 15.7. The van der Waals surface area contributed by atoms with E-state index in [4.69, 9.17) is 23.1 Å². The fraction of sp³-hybridized carbons (Fsp3) is 0.364. The molecule has 0 aromatic heterocycles. The number of carboxylic acid groups (broad SMARTS) is 1. The molecule has 0 saturated heterocycles. The number of carboxylic acids is 1. The molecule has 3 rings (SSSR count). The highest BCUT2D eigenvalue weighted by Crippen LogP contribution is 2.36. The number of hydrogen-bond acceptors (Lipinski definition) is 8. The number of nitrogens with one attached hydrogen (secondary N) is 1. The molecule has 10 heteroatoms. The lowest BCUT2D eigenvalue weighted by Crippen LogP contribution is -2.58. The first kappa shape index (κ1) is 25.6. The predicted octanol–water partition coefficient (Wildman–Crippen LogP) is 0.400. The second kappa shape index (κ2) is 10.8. The lowest BCUT2D eigenvalue weighted by molar-refractivity contribution is -1.92. The maximum absolute atomic E-state index is 11.2. The summed E-state index contributed by atoms with van der Waals surface area (Å²) in [5, 5.41) is 14.4. The third-order valence-corrected chi connectivity index (χ3v) is 4.78. The van der Waals surface area contributed by atoms with Crippen LogP contribution in [0.25, 0.3) is 22.3 Å². The molecule has 0 radical (unpaired) electrons. The molecule has 0 atom stereocenters. The standard InChI is InChI=1S/C22H26N2O3.ClHO4/c1-5-23-18-11-20-16(9-13(18)3)15(7-8-22(25)26)17-10-14(4)19(24-6-2)12-21(17)27-20;2-1(3,4)5/h9-12,23H,5-8H2,1-4H3,(H,25,26);(H,2,3,4,5). The van der Waals surface area contributed by atoms with E-state index in [2.05, 4.69) is 36.3 Å². The van der Waals surface area contributed by atoms with Gasteiger partial charge in [-0.05, 0) is 62.9 Å². The first-order valence-corrected chi connectivity index (χ1v) is 11.3. The SMILES string of the molecule is CCN=c1cc2oc3cc(NCC)c(C)cc3c(CCC(=O)O)c-2cc1C.[O-][Cl+3]([O-])([O-])O. The maximum Gasteiger partial charge on any atom is 0.303 e. The van der Waals surface area contributed by atoms with E-state index < -0.39 is 16.2 Å². The lowest BCUT2D eigenvalue weighted by Gasteiger charge is -2.17. The number of hydrogen-bond donors (Lipinski definition) is 3. The Morgan fingerprint density at radius 3 is 2.34 bits per heavy atom. The van der Waals surface area contributed by atoms with Gasteiger partial charge in [0.1, 0.15) is 11.3 Å². The highest BCUT2D eigenvalue weighted by Gasteiger charge is 2.18. The van der Waals surface area contributed by atoms with Crippen LogP contribution in [0.1, 0.15) is 37.0 Å². The predicted molar refractivity (Wildman–Crippen MR) is 111 cm³/mol. The van der Waals surface area contributed by atoms with Crippen LogP contribution in [0.2, 0.25) is 0 Å². The lowest BCUT2D eigenvalue weighted by atomic mass is 9.93. The Labute approximate surface area is 187 Å². The van der Waals surface area contributed by atoms with E-state index in [1.807, 2.05) is 26.0 Å². The number of rotatable bonds is 6. The number of aliphatic carboxylic acids is 1. The summed E-state index contributed by atoms with van der Waals surface area (Å²) >= 11 is 0. The summed E-state index contributed by atoms with van der Waals surface area (Å²) in [5.74, 6) is -0.0561. The minimum atomic E-state index is -4.69. The molecule has 1 aromatic carbocycles. The van der Waals surface area contributed by atoms with Crippen molar-refractivity contribution < 1.29 is 43.2 Å². The molecular formula is C22H27ClN2O7. The number of carbonyl (C=O) groups is 1. The van der Waals surface area contributed by atoms with Crippen molar-refractivity contribution in [2.24, 2.45) is 4.99 Å². The Kier molecular flexibility index (Phi) is 8.59. The third kappa shape index (κ3) is 6.91. The molecular weight excluding hydrogens is 440 g/mol. The van der Waals surface area contributed by atoms with Gasteiger partial charge in [-0.3, -0.25) is 9.79 Å². The number of fused-ring (bicyclic) bond motifs is 2. The van der Waals surface area contributed by atoms with Gasteiger partial charge in [0.2, 0.25) is 0 Å². The number of aryl methyl sites for hydroxylation is 3. The molecule has 1 aromatic rings. The fourth-order valence-electron chi connectivity index (χ4n) is 3.49. The summed E-state index contributed by atoms with van der Waals surface area (Å²) in [6.45, 7) is 9.67. The van der Waals surface area contributed by atoms with Gasteiger partial charge in [-0.1, -0.05) is 0 Å². The number of halogens is 1. The fourth-order valence-corrected chi connectivity index (χ4v) is 3.49. The van der Waals surface area contributed by atoms with E-state index >= 15 is 0 Å². The molecule has 174 valence electrons. The molecule has 0 unspecified atom stereocenters. The summed E-state index contributed by atoms with van der Waals surface area (Å²) in [6, 6.07) is 8.13. The van der Waals surface area contributed by atoms with Crippen molar-refractivity contribution in [1.29, 1.82) is 0 Å². The van der Waals surface area contributed by atoms with Crippen LogP contribution in [0, 0.1) is 24.1 Å². The molecule has 0 fully saturated rings. The smallest absolute Gasteiger partial charge is 0.303 e. The highest BCUT2D eigenvalue weighted by molar-refractivity contribution is 5.91. The first-order valence-electron chi connectivity index (χ1n) is 10.0. The zero-order chi connectivity index (χ0) is 24.1. The average Bonchev–Trinajstić information content (AvgIpc) is 2.66. The minimum Gasteiger partial charge on any atom is -0.481 e. The van der Waals surface area contributed by atoms with Crippen LogP contribution in [0.5, 0.6) is 0 Å². The van der Waals surface area contributed by atoms with Gasteiger partial charge in [-0.25, -0.2) is 0 Å². The number of benzene rings is 2. The van der Waals surface area contributed by atoms with Crippen molar-refractivity contribution in [3.8, 4) is 11.3 Å². The Morgan fingerprint density at radius 2 is 1.78 bits per heavy atom. The van der Waals surface area contributed by atoms with Crippen LogP contribution >= 0.6 is 0 Å². The van der Waals surface area contributed by atoms with Crippen LogP contribution in [0.15, 0.2) is 33.7 Å². The van der Waals surface area contributed by atoms with Gasteiger partial charge < -0.3 is 14.8 Å². The normalized spacial score (nSPS) is 12.1. The van der Waals surface area contributed by atoms with Gasteiger partial charge in [-0.15, -0.1) is 0 Å². The second-order valence-corrected chi connectivity index (χ2v) is 7.97. The summed E-state index contributed by atoms with van der Waals surface area (Å²) in [5.41, 5.74) is 5.96. The molecule has 0 amide bonds. The second-order valence-electron chi connectivity index (χ2n) is 7.17. The molecule has 0 saturated carbocycles. The minimum absolute atomic E-state index is 0.0857. The van der Waals surface area contributed by atoms with Crippen LogP contribution in [0.4, 0.5) is 5.69 Å². The van der Waals surface area contributed by atoms with Crippen molar-refractivity contribution in [2.75, 3.05) is 18.4 Å². The molecule has 0 spiro atoms. The zero-order valence-electron chi connectivity index (χ0n) is 18.4. The average molecular weight is 467 g/mol. The van der Waals surface area contributed by atoms with Gasteiger partial charge in [0.15, 0.2) is 0 Å². The van der Waals surface area contributed by atoms with Crippen molar-refractivity contribution in [3.05, 3.63) is 46.3 Å². The molecule has 0 bridgehead atoms. The van der Waals surface area contributed by atoms with E-state index in [0.717, 1.165) is 56.6 Å². The van der Waals surface area contributed by atoms with Gasteiger partial charge in [-0.2, -0.15) is 14.0 Å². The first-order chi connectivity index (χ1) is 14.9. The van der Waals surface area contributed by atoms with E-state index in [0.29, 0.717) is 13.0 Å².